The highest BCUT2D eigenvalue weighted by molar-refractivity contribution is 6.35. The number of anilines is 2. The van der Waals surface area contributed by atoms with Crippen LogP contribution < -0.4 is 21.6 Å². The molecule has 0 bridgehead atoms. The van der Waals surface area contributed by atoms with E-state index in [1.165, 1.54) is 6.20 Å². The van der Waals surface area contributed by atoms with Crippen molar-refractivity contribution in [3.05, 3.63) is 83.0 Å². The van der Waals surface area contributed by atoms with Gasteiger partial charge in [0.1, 0.15) is 0 Å². The Labute approximate surface area is 252 Å². The predicted octanol–water partition coefficient (Wildman–Crippen LogP) is 7.29. The third-order valence-corrected chi connectivity index (χ3v) is 8.12. The Kier molecular flexibility index (Phi) is 7.06. The first kappa shape index (κ1) is 28.9. The lowest BCUT2D eigenvalue weighted by atomic mass is 9.96. The molecule has 4 N–H and O–H groups in total. The van der Waals surface area contributed by atoms with E-state index in [1.54, 1.807) is 24.7 Å². The molecule has 1 aliphatic carbocycles. The minimum Gasteiger partial charge on any atom is -0.383 e. The Balaban J connectivity index is 1.46. The number of aromatic nitrogens is 2. The summed E-state index contributed by atoms with van der Waals surface area (Å²) in [5.74, 6) is 2.71. The number of alkyl halides is 3. The summed E-state index contributed by atoms with van der Waals surface area (Å²) in [5, 5.41) is 11.1. The van der Waals surface area contributed by atoms with Crippen LogP contribution in [0, 0.1) is 17.8 Å². The molecule has 1 fully saturated rings. The highest BCUT2D eigenvalue weighted by Gasteiger charge is 2.67. The van der Waals surface area contributed by atoms with Crippen LogP contribution in [-0.4, -0.2) is 33.2 Å². The third kappa shape index (κ3) is 5.39. The largest absolute Gasteiger partial charge is 0.413 e. The molecule has 0 spiro atoms. The van der Waals surface area contributed by atoms with Gasteiger partial charge in [-0.15, -0.1) is 12.0 Å². The number of hydrogen-bond donors (Lipinski definition) is 4. The lowest BCUT2D eigenvalue weighted by Crippen LogP contribution is -2.52. The van der Waals surface area contributed by atoms with Gasteiger partial charge < -0.3 is 16.1 Å². The molecule has 1 atom stereocenters. The fourth-order valence-electron chi connectivity index (χ4n) is 5.36. The fraction of sp³-hybridized carbons (Fsp3) is 0.312. The molecular formula is C32H31ClF3N7. The number of pyridine rings is 2. The first-order valence-corrected chi connectivity index (χ1v) is 14.3. The van der Waals surface area contributed by atoms with Crippen LogP contribution in [0.3, 0.4) is 0 Å². The molecule has 6 rings (SSSR count). The Hall–Kier alpha value is -4.20. The molecule has 2 aromatic carbocycles. The molecule has 0 unspecified atom stereocenters. The van der Waals surface area contributed by atoms with Gasteiger partial charge in [0, 0.05) is 47.8 Å². The lowest BCUT2D eigenvalue weighted by Gasteiger charge is -2.28. The zero-order chi connectivity index (χ0) is 30.6. The molecule has 2 aromatic heterocycles. The van der Waals surface area contributed by atoms with E-state index < -0.39 is 17.8 Å². The van der Waals surface area contributed by atoms with Gasteiger partial charge >= 0.3 is 6.18 Å². The summed E-state index contributed by atoms with van der Waals surface area (Å²) in [6, 6.07) is 10.8. The molecule has 1 aliphatic heterocycles. The molecular weight excluding hydrogens is 575 g/mol. The molecule has 11 heteroatoms. The normalized spacial score (nSPS) is 16.9. The summed E-state index contributed by atoms with van der Waals surface area (Å²) in [4.78, 5) is 8.84. The SMILES string of the molecule is C#Cc1cnc2c(Cl)cc(N[C@H](C3=CN(C4(C(F)(F)F)CC4)NN3)c3cccc4ccncc34)cc2c1NCC(C)(C)C. The van der Waals surface area contributed by atoms with Crippen LogP contribution in [0.1, 0.15) is 50.8 Å². The number of halogens is 4. The summed E-state index contributed by atoms with van der Waals surface area (Å²) >= 11 is 6.78. The predicted molar refractivity (Wildman–Crippen MR) is 165 cm³/mol. The summed E-state index contributed by atoms with van der Waals surface area (Å²) in [7, 11) is 0. The minimum absolute atomic E-state index is 0.0143. The summed E-state index contributed by atoms with van der Waals surface area (Å²) in [6.45, 7) is 7.01. The van der Waals surface area contributed by atoms with Crippen LogP contribution in [0.5, 0.6) is 0 Å². The van der Waals surface area contributed by atoms with Crippen LogP contribution in [0.25, 0.3) is 21.7 Å². The van der Waals surface area contributed by atoms with Crippen LogP contribution in [0.2, 0.25) is 5.02 Å². The Morgan fingerprint density at radius 1 is 1.14 bits per heavy atom. The van der Waals surface area contributed by atoms with Gasteiger partial charge in [0.15, 0.2) is 5.54 Å². The molecule has 222 valence electrons. The van der Waals surface area contributed by atoms with Crippen molar-refractivity contribution in [2.45, 2.75) is 51.4 Å². The Morgan fingerprint density at radius 3 is 2.63 bits per heavy atom. The van der Waals surface area contributed by atoms with Crippen LogP contribution in [-0.2, 0) is 0 Å². The van der Waals surface area contributed by atoms with Crippen molar-refractivity contribution in [2.75, 3.05) is 17.2 Å². The zero-order valence-corrected chi connectivity index (χ0v) is 24.7. The van der Waals surface area contributed by atoms with E-state index in [-0.39, 0.29) is 18.3 Å². The van der Waals surface area contributed by atoms with Crippen LogP contribution in [0.4, 0.5) is 24.5 Å². The van der Waals surface area contributed by atoms with Gasteiger partial charge in [-0.05, 0) is 47.4 Å². The summed E-state index contributed by atoms with van der Waals surface area (Å²) in [5.41, 5.74) is 7.66. The second-order valence-corrected chi connectivity index (χ2v) is 12.6. The van der Waals surface area contributed by atoms with Crippen molar-refractivity contribution in [3.63, 3.8) is 0 Å². The van der Waals surface area contributed by atoms with Crippen molar-refractivity contribution in [1.82, 2.24) is 25.9 Å². The van der Waals surface area contributed by atoms with E-state index in [9.17, 15) is 13.2 Å². The maximum absolute atomic E-state index is 14.0. The zero-order valence-electron chi connectivity index (χ0n) is 23.9. The van der Waals surface area contributed by atoms with E-state index in [1.807, 2.05) is 30.3 Å². The van der Waals surface area contributed by atoms with Crippen LogP contribution >= 0.6 is 11.6 Å². The maximum atomic E-state index is 14.0. The average Bonchev–Trinajstić information content (AvgIpc) is 3.65. The second kappa shape index (κ2) is 10.5. The molecule has 43 heavy (non-hydrogen) atoms. The maximum Gasteiger partial charge on any atom is 0.413 e. The standard InChI is InChI=1S/C32H31ClF3N7/c1-5-19-15-38-28-23(27(19)39-18-30(2,3)4)13-21(14-25(28)33)40-29(22-8-6-7-20-9-12-37-16-24(20)22)26-17-43(42-41-26)31(10-11-31)32(34,35)36/h1,6-9,12-17,29,40-42H,10-11,18H2,2-4H3,(H,38,39)/t29-/m0/s1. The molecule has 0 saturated heterocycles. The summed E-state index contributed by atoms with van der Waals surface area (Å²) < 4.78 is 41.9. The molecule has 0 amide bonds. The van der Waals surface area contributed by atoms with Crippen molar-refractivity contribution in [3.8, 4) is 12.3 Å². The van der Waals surface area contributed by atoms with Gasteiger partial charge in [0.2, 0.25) is 0 Å². The molecule has 1 saturated carbocycles. The molecule has 4 aromatic rings. The van der Waals surface area contributed by atoms with Crippen LogP contribution in [0.15, 0.2) is 66.9 Å². The molecule has 2 aliphatic rings. The van der Waals surface area contributed by atoms with Crippen molar-refractivity contribution < 1.29 is 13.2 Å². The quantitative estimate of drug-likeness (QED) is 0.165. The van der Waals surface area contributed by atoms with Gasteiger partial charge in [0.05, 0.1) is 33.5 Å². The highest BCUT2D eigenvalue weighted by Crippen LogP contribution is 2.54. The van der Waals surface area contributed by atoms with E-state index in [2.05, 4.69) is 58.3 Å². The monoisotopic (exact) mass is 605 g/mol. The van der Waals surface area contributed by atoms with Crippen molar-refractivity contribution >= 4 is 44.7 Å². The fourth-order valence-corrected chi connectivity index (χ4v) is 5.63. The van der Waals surface area contributed by atoms with Gasteiger partial charge in [-0.2, -0.15) is 13.2 Å². The lowest BCUT2D eigenvalue weighted by molar-refractivity contribution is -0.195. The topological polar surface area (TPSA) is 77.1 Å². The second-order valence-electron chi connectivity index (χ2n) is 12.2. The number of rotatable bonds is 7. The van der Waals surface area contributed by atoms with Crippen molar-refractivity contribution in [1.29, 1.82) is 0 Å². The molecule has 0 radical (unpaired) electrons. The smallest absolute Gasteiger partial charge is 0.383 e. The van der Waals surface area contributed by atoms with E-state index in [0.29, 0.717) is 34.0 Å². The Morgan fingerprint density at radius 2 is 1.93 bits per heavy atom. The van der Waals surface area contributed by atoms with Gasteiger partial charge in [-0.1, -0.05) is 56.5 Å². The third-order valence-electron chi connectivity index (χ3n) is 7.83. The number of hydrogen-bond acceptors (Lipinski definition) is 7. The first-order chi connectivity index (χ1) is 20.4. The number of nitrogens with zero attached hydrogens (tertiary/aromatic N) is 3. The average molecular weight is 606 g/mol. The van der Waals surface area contributed by atoms with Crippen molar-refractivity contribution in [2.24, 2.45) is 5.41 Å². The number of terminal acetylenes is 1. The number of fused-ring (bicyclic) bond motifs is 2. The number of benzene rings is 2. The van der Waals surface area contributed by atoms with E-state index >= 15 is 0 Å². The highest BCUT2D eigenvalue weighted by atomic mass is 35.5. The van der Waals surface area contributed by atoms with Gasteiger partial charge in [-0.25, -0.2) is 0 Å². The number of nitrogens with one attached hydrogen (secondary N) is 4. The summed E-state index contributed by atoms with van der Waals surface area (Å²) in [6.07, 6.45) is 8.06. The Bertz CT molecular complexity index is 1780. The first-order valence-electron chi connectivity index (χ1n) is 13.9. The van der Waals surface area contributed by atoms with E-state index in [0.717, 1.165) is 32.4 Å². The molecule has 7 nitrogen and oxygen atoms in total. The van der Waals surface area contributed by atoms with Gasteiger partial charge in [-0.3, -0.25) is 15.0 Å². The number of hydrazine groups is 2. The minimum atomic E-state index is -4.38. The van der Waals surface area contributed by atoms with E-state index in [4.69, 9.17) is 18.0 Å². The molecule has 3 heterocycles. The van der Waals surface area contributed by atoms with Gasteiger partial charge in [0.25, 0.3) is 0 Å².